The summed E-state index contributed by atoms with van der Waals surface area (Å²) in [6.07, 6.45) is 3.07. The van der Waals surface area contributed by atoms with Crippen molar-refractivity contribution in [3.8, 4) is 0 Å². The van der Waals surface area contributed by atoms with E-state index < -0.39 is 5.97 Å². The highest BCUT2D eigenvalue weighted by atomic mass is 16.4. The molecular formula is C12H22N2O3. The van der Waals surface area contributed by atoms with E-state index in [2.05, 4.69) is 11.9 Å². The zero-order valence-corrected chi connectivity index (χ0v) is 10.6. The Bertz CT molecular complexity index is 266. The second-order valence-electron chi connectivity index (χ2n) is 3.96. The predicted octanol–water partition coefficient (Wildman–Crippen LogP) is 1.85. The lowest BCUT2D eigenvalue weighted by atomic mass is 10.1. The molecule has 2 N–H and O–H groups in total. The van der Waals surface area contributed by atoms with Crippen LogP contribution < -0.4 is 5.32 Å². The maximum Gasteiger partial charge on any atom is 0.317 e. The highest BCUT2D eigenvalue weighted by Crippen LogP contribution is 2.01. The summed E-state index contributed by atoms with van der Waals surface area (Å²) < 4.78 is 0. The second kappa shape index (κ2) is 8.61. The molecule has 0 aliphatic rings. The number of likely N-dealkylation sites (N-methyl/N-ethyl adjacent to an activating group) is 1. The molecule has 5 nitrogen and oxygen atoms in total. The number of carboxylic acid groups (broad SMARTS) is 1. The number of carbonyl (C=O) groups excluding carboxylic acids is 1. The number of urea groups is 1. The minimum atomic E-state index is -0.801. The van der Waals surface area contributed by atoms with Gasteiger partial charge in [0.15, 0.2) is 0 Å². The SMILES string of the molecule is C=CCN(CC)C(=O)NC(C)CCCC(=O)O. The Morgan fingerprint density at radius 2 is 2.18 bits per heavy atom. The van der Waals surface area contributed by atoms with Gasteiger partial charge in [0.2, 0.25) is 0 Å². The van der Waals surface area contributed by atoms with Crippen molar-refractivity contribution >= 4 is 12.0 Å². The van der Waals surface area contributed by atoms with Crippen LogP contribution in [0.2, 0.25) is 0 Å². The molecule has 0 saturated heterocycles. The monoisotopic (exact) mass is 242 g/mol. The van der Waals surface area contributed by atoms with Gasteiger partial charge in [-0.05, 0) is 26.7 Å². The lowest BCUT2D eigenvalue weighted by molar-refractivity contribution is -0.137. The Morgan fingerprint density at radius 3 is 2.65 bits per heavy atom. The van der Waals surface area contributed by atoms with Gasteiger partial charge in [0.05, 0.1) is 0 Å². The first-order valence-corrected chi connectivity index (χ1v) is 5.89. The highest BCUT2D eigenvalue weighted by Gasteiger charge is 2.12. The van der Waals surface area contributed by atoms with Crippen LogP contribution in [-0.2, 0) is 4.79 Å². The Kier molecular flexibility index (Phi) is 7.84. The van der Waals surface area contributed by atoms with Crippen LogP contribution in [0.1, 0.15) is 33.1 Å². The summed E-state index contributed by atoms with van der Waals surface area (Å²) in [4.78, 5) is 23.7. The lowest BCUT2D eigenvalue weighted by Gasteiger charge is -2.22. The number of carbonyl (C=O) groups is 2. The molecule has 98 valence electrons. The van der Waals surface area contributed by atoms with E-state index in [1.165, 1.54) is 0 Å². The van der Waals surface area contributed by atoms with Crippen molar-refractivity contribution in [1.29, 1.82) is 0 Å². The van der Waals surface area contributed by atoms with E-state index in [4.69, 9.17) is 5.11 Å². The van der Waals surface area contributed by atoms with Gasteiger partial charge in [-0.15, -0.1) is 6.58 Å². The molecule has 0 aliphatic carbocycles. The fraction of sp³-hybridized carbons (Fsp3) is 0.667. The molecule has 0 fully saturated rings. The molecule has 0 rings (SSSR count). The van der Waals surface area contributed by atoms with Crippen LogP contribution in [-0.4, -0.2) is 41.1 Å². The molecule has 0 bridgehead atoms. The van der Waals surface area contributed by atoms with Crippen LogP contribution in [0.15, 0.2) is 12.7 Å². The normalized spacial score (nSPS) is 11.6. The predicted molar refractivity (Wildman–Crippen MR) is 66.9 cm³/mol. The smallest absolute Gasteiger partial charge is 0.317 e. The highest BCUT2D eigenvalue weighted by molar-refractivity contribution is 5.74. The third-order valence-corrected chi connectivity index (χ3v) is 2.42. The molecule has 1 atom stereocenters. The van der Waals surface area contributed by atoms with Crippen molar-refractivity contribution < 1.29 is 14.7 Å². The zero-order chi connectivity index (χ0) is 13.3. The summed E-state index contributed by atoms with van der Waals surface area (Å²) in [7, 11) is 0. The number of hydrogen-bond acceptors (Lipinski definition) is 2. The Hall–Kier alpha value is -1.52. The van der Waals surface area contributed by atoms with E-state index in [0.29, 0.717) is 25.9 Å². The summed E-state index contributed by atoms with van der Waals surface area (Å²) in [5.41, 5.74) is 0. The van der Waals surface area contributed by atoms with Gasteiger partial charge in [-0.25, -0.2) is 4.79 Å². The number of nitrogens with zero attached hydrogens (tertiary/aromatic N) is 1. The van der Waals surface area contributed by atoms with E-state index in [9.17, 15) is 9.59 Å². The van der Waals surface area contributed by atoms with Gasteiger partial charge in [-0.3, -0.25) is 4.79 Å². The average Bonchev–Trinajstić information content (AvgIpc) is 2.24. The zero-order valence-electron chi connectivity index (χ0n) is 10.6. The van der Waals surface area contributed by atoms with Gasteiger partial charge in [-0.1, -0.05) is 6.08 Å². The Balaban J connectivity index is 3.92. The number of amides is 2. The first-order chi connectivity index (χ1) is 8.01. The van der Waals surface area contributed by atoms with Crippen LogP contribution >= 0.6 is 0 Å². The van der Waals surface area contributed by atoms with Crippen LogP contribution in [0, 0.1) is 0 Å². The minimum absolute atomic E-state index is 0.0132. The third-order valence-electron chi connectivity index (χ3n) is 2.42. The Labute approximate surface area is 102 Å². The standard InChI is InChI=1S/C12H22N2O3/c1-4-9-14(5-2)12(17)13-10(3)7-6-8-11(15)16/h4,10H,1,5-9H2,2-3H3,(H,13,17)(H,15,16). The minimum Gasteiger partial charge on any atom is -0.481 e. The lowest BCUT2D eigenvalue weighted by Crippen LogP contribution is -2.43. The van der Waals surface area contributed by atoms with Crippen molar-refractivity contribution in [2.24, 2.45) is 0 Å². The average molecular weight is 242 g/mol. The maximum absolute atomic E-state index is 11.7. The summed E-state index contributed by atoms with van der Waals surface area (Å²) in [6, 6.07) is -0.143. The van der Waals surface area contributed by atoms with E-state index >= 15 is 0 Å². The molecule has 0 aliphatic heterocycles. The van der Waals surface area contributed by atoms with E-state index in [1.54, 1.807) is 11.0 Å². The molecule has 0 aromatic carbocycles. The molecule has 0 aromatic rings. The molecule has 0 saturated carbocycles. The van der Waals surface area contributed by atoms with Crippen LogP contribution in [0.4, 0.5) is 4.79 Å². The molecule has 1 unspecified atom stereocenters. The number of rotatable bonds is 8. The fourth-order valence-corrected chi connectivity index (χ4v) is 1.45. The van der Waals surface area contributed by atoms with Gasteiger partial charge >= 0.3 is 12.0 Å². The molecular weight excluding hydrogens is 220 g/mol. The van der Waals surface area contributed by atoms with Gasteiger partial charge < -0.3 is 15.3 Å². The van der Waals surface area contributed by atoms with Gasteiger partial charge in [-0.2, -0.15) is 0 Å². The summed E-state index contributed by atoms with van der Waals surface area (Å²) in [5, 5.41) is 11.3. The van der Waals surface area contributed by atoms with E-state index in [-0.39, 0.29) is 18.5 Å². The molecule has 5 heteroatoms. The third kappa shape index (κ3) is 7.38. The van der Waals surface area contributed by atoms with Crippen molar-refractivity contribution in [3.05, 3.63) is 12.7 Å². The van der Waals surface area contributed by atoms with Crippen molar-refractivity contribution in [2.45, 2.75) is 39.2 Å². The maximum atomic E-state index is 11.7. The first-order valence-electron chi connectivity index (χ1n) is 5.89. The molecule has 17 heavy (non-hydrogen) atoms. The number of hydrogen-bond donors (Lipinski definition) is 2. The van der Waals surface area contributed by atoms with Crippen molar-refractivity contribution in [1.82, 2.24) is 10.2 Å². The van der Waals surface area contributed by atoms with E-state index in [1.807, 2.05) is 13.8 Å². The van der Waals surface area contributed by atoms with Crippen molar-refractivity contribution in [3.63, 3.8) is 0 Å². The topological polar surface area (TPSA) is 69.6 Å². The van der Waals surface area contributed by atoms with Gasteiger partial charge in [0.25, 0.3) is 0 Å². The second-order valence-corrected chi connectivity index (χ2v) is 3.96. The van der Waals surface area contributed by atoms with Crippen LogP contribution in [0.5, 0.6) is 0 Å². The molecule has 2 amide bonds. The van der Waals surface area contributed by atoms with Gasteiger partial charge in [0, 0.05) is 25.6 Å². The summed E-state index contributed by atoms with van der Waals surface area (Å²) in [5.74, 6) is -0.801. The molecule has 0 aromatic heterocycles. The Morgan fingerprint density at radius 1 is 1.53 bits per heavy atom. The van der Waals surface area contributed by atoms with Crippen LogP contribution in [0.3, 0.4) is 0 Å². The van der Waals surface area contributed by atoms with Crippen LogP contribution in [0.25, 0.3) is 0 Å². The van der Waals surface area contributed by atoms with Gasteiger partial charge in [0.1, 0.15) is 0 Å². The fourth-order valence-electron chi connectivity index (χ4n) is 1.45. The number of nitrogens with one attached hydrogen (secondary N) is 1. The summed E-state index contributed by atoms with van der Waals surface area (Å²) >= 11 is 0. The number of aliphatic carboxylic acids is 1. The first kappa shape index (κ1) is 15.5. The quantitative estimate of drug-likeness (QED) is 0.638. The molecule has 0 heterocycles. The number of carboxylic acids is 1. The largest absolute Gasteiger partial charge is 0.481 e. The molecule has 0 spiro atoms. The summed E-state index contributed by atoms with van der Waals surface area (Å²) in [6.45, 7) is 8.51. The van der Waals surface area contributed by atoms with E-state index in [0.717, 1.165) is 0 Å². The van der Waals surface area contributed by atoms with Crippen molar-refractivity contribution in [2.75, 3.05) is 13.1 Å². The molecule has 0 radical (unpaired) electrons.